The molecular weight excluding hydrogens is 385 g/mol. The van der Waals surface area contributed by atoms with Gasteiger partial charge in [0.25, 0.3) is 0 Å². The zero-order chi connectivity index (χ0) is 21.0. The third kappa shape index (κ3) is 5.01. The molecule has 0 unspecified atom stereocenters. The van der Waals surface area contributed by atoms with Crippen molar-refractivity contribution in [2.24, 2.45) is 10.8 Å². The van der Waals surface area contributed by atoms with Gasteiger partial charge in [-0.3, -0.25) is 9.59 Å². The standard InChI is InChI=1S/C20H17F3N4O2/c21-20(22,23)15-5-3-4-13(8-15)9-19(29)26-25-10-14-11-27(12-18(24)28)17-7-2-1-6-16(14)17/h1-8,10-11H,9,12H2,(H2,24,28)(H,26,29). The lowest BCUT2D eigenvalue weighted by atomic mass is 10.1. The maximum atomic E-state index is 12.7. The molecule has 0 saturated heterocycles. The number of benzene rings is 2. The highest BCUT2D eigenvalue weighted by Gasteiger charge is 2.30. The number of fused-ring (bicyclic) bond motifs is 1. The maximum Gasteiger partial charge on any atom is 0.416 e. The average Bonchev–Trinajstić information content (AvgIpc) is 2.98. The number of primary amides is 1. The molecule has 3 N–H and O–H groups in total. The van der Waals surface area contributed by atoms with Crippen molar-refractivity contribution in [3.8, 4) is 0 Å². The Morgan fingerprint density at radius 2 is 1.90 bits per heavy atom. The monoisotopic (exact) mass is 402 g/mol. The second kappa shape index (κ2) is 8.17. The fourth-order valence-electron chi connectivity index (χ4n) is 2.93. The van der Waals surface area contributed by atoms with Crippen molar-refractivity contribution in [1.82, 2.24) is 9.99 Å². The molecule has 1 heterocycles. The molecule has 3 aromatic rings. The second-order valence-electron chi connectivity index (χ2n) is 6.36. The molecule has 0 bridgehead atoms. The number of hydrogen-bond acceptors (Lipinski definition) is 3. The van der Waals surface area contributed by atoms with Gasteiger partial charge in [0.05, 0.1) is 18.2 Å². The van der Waals surface area contributed by atoms with Crippen molar-refractivity contribution >= 4 is 28.9 Å². The summed E-state index contributed by atoms with van der Waals surface area (Å²) in [5, 5.41) is 4.69. The molecule has 0 spiro atoms. The van der Waals surface area contributed by atoms with Crippen molar-refractivity contribution in [3.05, 3.63) is 71.4 Å². The van der Waals surface area contributed by atoms with E-state index in [1.54, 1.807) is 10.8 Å². The van der Waals surface area contributed by atoms with Crippen LogP contribution < -0.4 is 11.2 Å². The lowest BCUT2D eigenvalue weighted by Gasteiger charge is -2.08. The van der Waals surface area contributed by atoms with E-state index in [1.165, 1.54) is 18.3 Å². The molecule has 0 fully saturated rings. The Kier molecular flexibility index (Phi) is 5.67. The first-order chi connectivity index (χ1) is 13.7. The van der Waals surface area contributed by atoms with Crippen LogP contribution in [0.2, 0.25) is 0 Å². The number of nitrogens with one attached hydrogen (secondary N) is 1. The number of nitrogens with zero attached hydrogens (tertiary/aromatic N) is 2. The molecular formula is C20H17F3N4O2. The molecule has 9 heteroatoms. The molecule has 0 aliphatic heterocycles. The van der Waals surface area contributed by atoms with E-state index in [0.29, 0.717) is 5.56 Å². The first-order valence-corrected chi connectivity index (χ1v) is 8.58. The second-order valence-corrected chi connectivity index (χ2v) is 6.36. The van der Waals surface area contributed by atoms with Crippen LogP contribution in [0.25, 0.3) is 10.9 Å². The summed E-state index contributed by atoms with van der Waals surface area (Å²) in [4.78, 5) is 23.2. The summed E-state index contributed by atoms with van der Waals surface area (Å²) in [6.45, 7) is -0.00371. The van der Waals surface area contributed by atoms with Gasteiger partial charge in [-0.2, -0.15) is 18.3 Å². The summed E-state index contributed by atoms with van der Waals surface area (Å²) < 4.78 is 39.9. The van der Waals surface area contributed by atoms with Gasteiger partial charge in [-0.05, 0) is 17.7 Å². The van der Waals surface area contributed by atoms with Crippen molar-refractivity contribution in [2.75, 3.05) is 0 Å². The molecule has 1 aromatic heterocycles. The normalized spacial score (nSPS) is 11.8. The summed E-state index contributed by atoms with van der Waals surface area (Å²) in [6, 6.07) is 11.9. The van der Waals surface area contributed by atoms with Crippen LogP contribution in [0.1, 0.15) is 16.7 Å². The van der Waals surface area contributed by atoms with Crippen LogP contribution >= 0.6 is 0 Å². The first kappa shape index (κ1) is 20.1. The summed E-state index contributed by atoms with van der Waals surface area (Å²) in [7, 11) is 0. The zero-order valence-electron chi connectivity index (χ0n) is 15.1. The van der Waals surface area contributed by atoms with E-state index in [4.69, 9.17) is 5.73 Å². The van der Waals surface area contributed by atoms with Gasteiger partial charge in [-0.1, -0.05) is 36.4 Å². The minimum atomic E-state index is -4.47. The van der Waals surface area contributed by atoms with Crippen LogP contribution in [0.4, 0.5) is 13.2 Å². The third-order valence-electron chi connectivity index (χ3n) is 4.16. The van der Waals surface area contributed by atoms with E-state index in [9.17, 15) is 22.8 Å². The van der Waals surface area contributed by atoms with E-state index in [1.807, 2.05) is 24.3 Å². The summed E-state index contributed by atoms with van der Waals surface area (Å²) >= 11 is 0. The minimum Gasteiger partial charge on any atom is -0.368 e. The number of aromatic nitrogens is 1. The van der Waals surface area contributed by atoms with Gasteiger partial charge in [-0.25, -0.2) is 5.43 Å². The lowest BCUT2D eigenvalue weighted by Crippen LogP contribution is -2.20. The predicted octanol–water partition coefficient (Wildman–Crippen LogP) is 2.84. The van der Waals surface area contributed by atoms with Crippen LogP contribution in [-0.2, 0) is 28.7 Å². The molecule has 0 aliphatic carbocycles. The highest BCUT2D eigenvalue weighted by molar-refractivity contribution is 6.00. The van der Waals surface area contributed by atoms with E-state index in [2.05, 4.69) is 10.5 Å². The maximum absolute atomic E-state index is 12.7. The molecule has 150 valence electrons. The molecule has 6 nitrogen and oxygen atoms in total. The fraction of sp³-hybridized carbons (Fsp3) is 0.150. The van der Waals surface area contributed by atoms with E-state index < -0.39 is 23.6 Å². The number of para-hydroxylation sites is 1. The van der Waals surface area contributed by atoms with Crippen molar-refractivity contribution in [1.29, 1.82) is 0 Å². The highest BCUT2D eigenvalue weighted by atomic mass is 19.4. The molecule has 2 aromatic carbocycles. The first-order valence-electron chi connectivity index (χ1n) is 8.58. The summed E-state index contributed by atoms with van der Waals surface area (Å²) in [6.07, 6.45) is -1.63. The third-order valence-corrected chi connectivity index (χ3v) is 4.16. The number of hydrazone groups is 1. The molecule has 0 aliphatic rings. The van der Waals surface area contributed by atoms with Gasteiger partial charge in [0.2, 0.25) is 11.8 Å². The molecule has 0 saturated carbocycles. The predicted molar refractivity (Wildman–Crippen MR) is 102 cm³/mol. The highest BCUT2D eigenvalue weighted by Crippen LogP contribution is 2.29. The number of alkyl halides is 3. The van der Waals surface area contributed by atoms with Crippen LogP contribution in [0.5, 0.6) is 0 Å². The van der Waals surface area contributed by atoms with Gasteiger partial charge < -0.3 is 10.3 Å². The number of hydrogen-bond donors (Lipinski definition) is 2. The topological polar surface area (TPSA) is 89.5 Å². The fourth-order valence-corrected chi connectivity index (χ4v) is 2.93. The number of amides is 2. The lowest BCUT2D eigenvalue weighted by molar-refractivity contribution is -0.137. The van der Waals surface area contributed by atoms with E-state index in [0.717, 1.165) is 23.0 Å². The Hall–Kier alpha value is -3.62. The molecule has 0 radical (unpaired) electrons. The number of halogens is 3. The van der Waals surface area contributed by atoms with Gasteiger partial charge in [0.15, 0.2) is 0 Å². The number of rotatable bonds is 6. The van der Waals surface area contributed by atoms with E-state index in [-0.39, 0.29) is 18.5 Å². The largest absolute Gasteiger partial charge is 0.416 e. The molecule has 2 amide bonds. The quantitative estimate of drug-likeness (QED) is 0.490. The van der Waals surface area contributed by atoms with E-state index >= 15 is 0 Å². The van der Waals surface area contributed by atoms with Gasteiger partial charge in [-0.15, -0.1) is 0 Å². The van der Waals surface area contributed by atoms with Gasteiger partial charge in [0, 0.05) is 22.7 Å². The molecule has 0 atom stereocenters. The Bertz CT molecular complexity index is 1090. The summed E-state index contributed by atoms with van der Waals surface area (Å²) in [5.41, 5.74) is 8.41. The molecule has 3 rings (SSSR count). The van der Waals surface area contributed by atoms with Crippen molar-refractivity contribution in [2.45, 2.75) is 19.1 Å². The molecule has 29 heavy (non-hydrogen) atoms. The number of nitrogens with two attached hydrogens (primary N) is 1. The van der Waals surface area contributed by atoms with Crippen LogP contribution in [0, 0.1) is 0 Å². The van der Waals surface area contributed by atoms with Gasteiger partial charge in [0.1, 0.15) is 6.54 Å². The number of carbonyl (C=O) groups is 2. The SMILES string of the molecule is NC(=O)Cn1cc(C=NNC(=O)Cc2cccc(C(F)(F)F)c2)c2ccccc21. The minimum absolute atomic E-state index is 0.00371. The Balaban J connectivity index is 1.70. The smallest absolute Gasteiger partial charge is 0.368 e. The van der Waals surface area contributed by atoms with Crippen LogP contribution in [0.3, 0.4) is 0 Å². The van der Waals surface area contributed by atoms with Crippen LogP contribution in [-0.4, -0.2) is 22.6 Å². The Labute approximate surface area is 163 Å². The van der Waals surface area contributed by atoms with Crippen molar-refractivity contribution < 1.29 is 22.8 Å². The Morgan fingerprint density at radius 1 is 1.14 bits per heavy atom. The van der Waals surface area contributed by atoms with Crippen molar-refractivity contribution in [3.63, 3.8) is 0 Å². The number of carbonyl (C=O) groups excluding carboxylic acids is 2. The average molecular weight is 402 g/mol. The zero-order valence-corrected chi connectivity index (χ0v) is 15.1. The van der Waals surface area contributed by atoms with Crippen LogP contribution in [0.15, 0.2) is 59.8 Å². The van der Waals surface area contributed by atoms with Gasteiger partial charge >= 0.3 is 6.18 Å². The Morgan fingerprint density at radius 3 is 2.62 bits per heavy atom. The summed E-state index contributed by atoms with van der Waals surface area (Å²) in [5.74, 6) is -1.05.